The molecule has 146 valence electrons. The Kier molecular flexibility index (Phi) is 6.54. The largest absolute Gasteiger partial charge is 0.494 e. The van der Waals surface area contributed by atoms with Crippen LogP contribution in [0.15, 0.2) is 54.1 Å². The van der Waals surface area contributed by atoms with Gasteiger partial charge in [0.25, 0.3) is 0 Å². The summed E-state index contributed by atoms with van der Waals surface area (Å²) in [4.78, 5) is 12.9. The lowest BCUT2D eigenvalue weighted by atomic mass is 9.92. The molecule has 2 aromatic carbocycles. The fourth-order valence-corrected chi connectivity index (χ4v) is 3.49. The summed E-state index contributed by atoms with van der Waals surface area (Å²) in [6.45, 7) is 4.41. The molecule has 0 unspecified atom stereocenters. The van der Waals surface area contributed by atoms with E-state index >= 15 is 0 Å². The Morgan fingerprint density at radius 1 is 1.14 bits per heavy atom. The van der Waals surface area contributed by atoms with Crippen LogP contribution >= 0.6 is 23.8 Å². The number of halogens is 1. The number of carbonyl (C=O) groups excluding carboxylic acids is 1. The summed E-state index contributed by atoms with van der Waals surface area (Å²) in [5.74, 6) is 0.194. The van der Waals surface area contributed by atoms with Gasteiger partial charge in [0.05, 0.1) is 30.5 Å². The molecule has 1 aliphatic heterocycles. The zero-order chi connectivity index (χ0) is 20.1. The second-order valence-electron chi connectivity index (χ2n) is 6.02. The minimum absolute atomic E-state index is 0.259. The summed E-state index contributed by atoms with van der Waals surface area (Å²) in [5, 5.41) is 7.22. The van der Waals surface area contributed by atoms with Crippen molar-refractivity contribution in [2.45, 2.75) is 19.9 Å². The van der Waals surface area contributed by atoms with Crippen LogP contribution in [0.1, 0.15) is 31.0 Å². The van der Waals surface area contributed by atoms with Crippen molar-refractivity contribution in [2.24, 2.45) is 0 Å². The van der Waals surface area contributed by atoms with Crippen molar-refractivity contribution in [1.29, 1.82) is 0 Å². The highest BCUT2D eigenvalue weighted by atomic mass is 35.5. The SMILES string of the molecule is CCOC(=O)C1=C(c2ccccc2)NC(=S)N[C@H]1c1cc(Cl)ccc1OCC. The van der Waals surface area contributed by atoms with Crippen LogP contribution in [0.25, 0.3) is 5.70 Å². The van der Waals surface area contributed by atoms with Gasteiger partial charge in [-0.15, -0.1) is 0 Å². The molecule has 7 heteroatoms. The molecule has 1 aliphatic rings. The average molecular weight is 417 g/mol. The van der Waals surface area contributed by atoms with Crippen LogP contribution in [0.2, 0.25) is 5.02 Å². The second-order valence-corrected chi connectivity index (χ2v) is 6.87. The summed E-state index contributed by atoms with van der Waals surface area (Å²) in [6, 6.07) is 14.3. The molecule has 0 amide bonds. The number of thiocarbonyl (C=S) groups is 1. The molecule has 0 saturated carbocycles. The number of nitrogens with one attached hydrogen (secondary N) is 2. The quantitative estimate of drug-likeness (QED) is 0.542. The van der Waals surface area contributed by atoms with Gasteiger partial charge in [-0.2, -0.15) is 0 Å². The Labute approximate surface area is 174 Å². The van der Waals surface area contributed by atoms with Gasteiger partial charge >= 0.3 is 5.97 Å². The van der Waals surface area contributed by atoms with Crippen LogP contribution in [0.5, 0.6) is 5.75 Å². The fourth-order valence-electron chi connectivity index (χ4n) is 3.09. The number of ether oxygens (including phenoxy) is 2. The Morgan fingerprint density at radius 3 is 2.57 bits per heavy atom. The number of hydrogen-bond donors (Lipinski definition) is 2. The summed E-state index contributed by atoms with van der Waals surface area (Å²) >= 11 is 11.7. The number of carbonyl (C=O) groups is 1. The van der Waals surface area contributed by atoms with Crippen molar-refractivity contribution < 1.29 is 14.3 Å². The Hall–Kier alpha value is -2.57. The van der Waals surface area contributed by atoms with E-state index in [1.165, 1.54) is 0 Å². The normalized spacial score (nSPS) is 16.2. The lowest BCUT2D eigenvalue weighted by Crippen LogP contribution is -2.45. The van der Waals surface area contributed by atoms with Gasteiger partial charge in [0, 0.05) is 10.6 Å². The van der Waals surface area contributed by atoms with E-state index in [2.05, 4.69) is 10.6 Å². The van der Waals surface area contributed by atoms with Crippen LogP contribution in [-0.4, -0.2) is 24.3 Å². The minimum Gasteiger partial charge on any atom is -0.494 e. The average Bonchev–Trinajstić information content (AvgIpc) is 2.69. The molecule has 0 aromatic heterocycles. The molecule has 0 saturated heterocycles. The summed E-state index contributed by atoms with van der Waals surface area (Å²) in [7, 11) is 0. The highest BCUT2D eigenvalue weighted by Crippen LogP contribution is 2.37. The molecular formula is C21H21ClN2O3S. The minimum atomic E-state index is -0.566. The van der Waals surface area contributed by atoms with Crippen molar-refractivity contribution in [3.63, 3.8) is 0 Å². The lowest BCUT2D eigenvalue weighted by molar-refractivity contribution is -0.138. The number of hydrogen-bond acceptors (Lipinski definition) is 4. The molecule has 0 aliphatic carbocycles. The molecule has 1 atom stereocenters. The van der Waals surface area contributed by atoms with Crippen molar-refractivity contribution in [3.05, 3.63) is 70.3 Å². The molecule has 3 rings (SSSR count). The van der Waals surface area contributed by atoms with Crippen LogP contribution in [0.3, 0.4) is 0 Å². The van der Waals surface area contributed by atoms with E-state index in [1.807, 2.05) is 37.3 Å². The van der Waals surface area contributed by atoms with E-state index in [4.69, 9.17) is 33.3 Å². The van der Waals surface area contributed by atoms with Gasteiger partial charge in [-0.3, -0.25) is 0 Å². The van der Waals surface area contributed by atoms with Gasteiger partial charge in [0.1, 0.15) is 5.75 Å². The molecular weight excluding hydrogens is 396 g/mol. The second kappa shape index (κ2) is 9.08. The fraction of sp³-hybridized carbons (Fsp3) is 0.238. The Bertz CT molecular complexity index is 915. The molecule has 1 heterocycles. The van der Waals surface area contributed by atoms with Gasteiger partial charge in [0.15, 0.2) is 5.11 Å². The molecule has 0 spiro atoms. The first-order valence-corrected chi connectivity index (χ1v) is 9.80. The van der Waals surface area contributed by atoms with Crippen LogP contribution in [-0.2, 0) is 9.53 Å². The van der Waals surface area contributed by atoms with Gasteiger partial charge in [-0.05, 0) is 49.8 Å². The van der Waals surface area contributed by atoms with Crippen molar-refractivity contribution >= 4 is 40.6 Å². The maximum absolute atomic E-state index is 12.9. The smallest absolute Gasteiger partial charge is 0.338 e. The van der Waals surface area contributed by atoms with Gasteiger partial charge < -0.3 is 20.1 Å². The predicted octanol–water partition coefficient (Wildman–Crippen LogP) is 4.23. The highest BCUT2D eigenvalue weighted by Gasteiger charge is 2.34. The van der Waals surface area contributed by atoms with Crippen LogP contribution < -0.4 is 15.4 Å². The van der Waals surface area contributed by atoms with Gasteiger partial charge in [0.2, 0.25) is 0 Å². The molecule has 2 aromatic rings. The summed E-state index contributed by atoms with van der Waals surface area (Å²) in [6.07, 6.45) is 0. The topological polar surface area (TPSA) is 59.6 Å². The first kappa shape index (κ1) is 20.2. The molecule has 5 nitrogen and oxygen atoms in total. The molecule has 28 heavy (non-hydrogen) atoms. The van der Waals surface area contributed by atoms with E-state index in [1.54, 1.807) is 25.1 Å². The Balaban J connectivity index is 2.22. The van der Waals surface area contributed by atoms with Crippen LogP contribution in [0.4, 0.5) is 0 Å². The standard InChI is InChI=1S/C21H21ClN2O3S/c1-3-26-16-11-10-14(22)12-15(16)19-17(20(25)27-4-2)18(23-21(28)24-19)13-8-6-5-7-9-13/h5-12,19H,3-4H2,1-2H3,(H2,23,24,28)/t19-/m0/s1. The lowest BCUT2D eigenvalue weighted by Gasteiger charge is -2.32. The molecule has 2 N–H and O–H groups in total. The third-order valence-corrected chi connectivity index (χ3v) is 4.67. The molecule has 0 fully saturated rings. The van der Waals surface area contributed by atoms with E-state index in [9.17, 15) is 4.79 Å². The van der Waals surface area contributed by atoms with E-state index in [0.717, 1.165) is 11.1 Å². The summed E-state index contributed by atoms with van der Waals surface area (Å²) < 4.78 is 11.1. The zero-order valence-electron chi connectivity index (χ0n) is 15.6. The van der Waals surface area contributed by atoms with Crippen LogP contribution in [0, 0.1) is 0 Å². The zero-order valence-corrected chi connectivity index (χ0v) is 17.2. The maximum Gasteiger partial charge on any atom is 0.338 e. The van der Waals surface area contributed by atoms with Gasteiger partial charge in [-0.25, -0.2) is 4.79 Å². The van der Waals surface area contributed by atoms with Gasteiger partial charge in [-0.1, -0.05) is 41.9 Å². The van der Waals surface area contributed by atoms with Crippen molar-refractivity contribution in [3.8, 4) is 5.75 Å². The van der Waals surface area contributed by atoms with Crippen molar-refractivity contribution in [1.82, 2.24) is 10.6 Å². The summed E-state index contributed by atoms with van der Waals surface area (Å²) in [5.41, 5.74) is 2.58. The van der Waals surface area contributed by atoms with E-state index < -0.39 is 12.0 Å². The first-order valence-electron chi connectivity index (χ1n) is 9.01. The maximum atomic E-state index is 12.9. The number of rotatable bonds is 6. The first-order chi connectivity index (χ1) is 13.5. The Morgan fingerprint density at radius 2 is 1.89 bits per heavy atom. The third kappa shape index (κ3) is 4.29. The molecule has 0 bridgehead atoms. The third-order valence-electron chi connectivity index (χ3n) is 4.21. The predicted molar refractivity (Wildman–Crippen MR) is 114 cm³/mol. The molecule has 0 radical (unpaired) electrons. The highest BCUT2D eigenvalue weighted by molar-refractivity contribution is 7.80. The number of benzene rings is 2. The van der Waals surface area contributed by atoms with E-state index in [0.29, 0.717) is 33.8 Å². The number of esters is 1. The van der Waals surface area contributed by atoms with Crippen molar-refractivity contribution in [2.75, 3.05) is 13.2 Å². The monoisotopic (exact) mass is 416 g/mol. The van der Waals surface area contributed by atoms with E-state index in [-0.39, 0.29) is 6.61 Å².